The van der Waals surface area contributed by atoms with Crippen LogP contribution in [0.1, 0.15) is 30.0 Å². The van der Waals surface area contributed by atoms with Gasteiger partial charge < -0.3 is 5.73 Å². The Morgan fingerprint density at radius 1 is 1.44 bits per heavy atom. The Hall–Kier alpha value is -1.62. The van der Waals surface area contributed by atoms with Crippen LogP contribution in [0, 0.1) is 5.82 Å². The minimum Gasteiger partial charge on any atom is -0.381 e. The average Bonchev–Trinajstić information content (AvgIpc) is 3.10. The SMILES string of the molecule is Nc1nnn(Cc2cc(F)ccc2Cl)c1C1CC1. The summed E-state index contributed by atoms with van der Waals surface area (Å²) >= 11 is 6.04. The van der Waals surface area contributed by atoms with Gasteiger partial charge in [-0.1, -0.05) is 16.8 Å². The van der Waals surface area contributed by atoms with Gasteiger partial charge in [0.25, 0.3) is 0 Å². The first kappa shape index (κ1) is 11.5. The second-order valence-corrected chi connectivity index (χ2v) is 4.93. The number of anilines is 1. The summed E-state index contributed by atoms with van der Waals surface area (Å²) < 4.78 is 14.9. The number of rotatable bonds is 3. The molecule has 0 amide bonds. The Bertz CT molecular complexity index is 592. The van der Waals surface area contributed by atoms with Crippen molar-refractivity contribution in [3.63, 3.8) is 0 Å². The fourth-order valence-electron chi connectivity index (χ4n) is 2.05. The summed E-state index contributed by atoms with van der Waals surface area (Å²) in [6.07, 6.45) is 2.21. The minimum absolute atomic E-state index is 0.310. The van der Waals surface area contributed by atoms with Crippen LogP contribution in [0.3, 0.4) is 0 Å². The quantitative estimate of drug-likeness (QED) is 0.929. The highest BCUT2D eigenvalue weighted by Crippen LogP contribution is 2.42. The first-order valence-corrected chi connectivity index (χ1v) is 6.15. The highest BCUT2D eigenvalue weighted by molar-refractivity contribution is 6.31. The van der Waals surface area contributed by atoms with Crippen LogP contribution in [0.2, 0.25) is 5.02 Å². The van der Waals surface area contributed by atoms with Crippen molar-refractivity contribution < 1.29 is 4.39 Å². The summed E-state index contributed by atoms with van der Waals surface area (Å²) in [5, 5.41) is 8.40. The second kappa shape index (κ2) is 4.24. The highest BCUT2D eigenvalue weighted by Gasteiger charge is 2.30. The maximum Gasteiger partial charge on any atom is 0.169 e. The Kier molecular flexibility index (Phi) is 2.70. The van der Waals surface area contributed by atoms with Crippen molar-refractivity contribution in [2.45, 2.75) is 25.3 Å². The van der Waals surface area contributed by atoms with Crippen molar-refractivity contribution in [1.82, 2.24) is 15.0 Å². The molecule has 1 aromatic heterocycles. The summed E-state index contributed by atoms with van der Waals surface area (Å²) in [6.45, 7) is 0.395. The monoisotopic (exact) mass is 266 g/mol. The molecule has 0 radical (unpaired) electrons. The van der Waals surface area contributed by atoms with E-state index in [4.69, 9.17) is 17.3 Å². The largest absolute Gasteiger partial charge is 0.381 e. The topological polar surface area (TPSA) is 56.7 Å². The van der Waals surface area contributed by atoms with Gasteiger partial charge in [0, 0.05) is 10.9 Å². The van der Waals surface area contributed by atoms with E-state index in [2.05, 4.69) is 10.3 Å². The molecule has 6 heteroatoms. The normalized spacial score (nSPS) is 15.0. The molecule has 0 aliphatic heterocycles. The molecule has 0 atom stereocenters. The van der Waals surface area contributed by atoms with Crippen molar-refractivity contribution in [3.05, 3.63) is 40.3 Å². The van der Waals surface area contributed by atoms with Crippen molar-refractivity contribution in [2.24, 2.45) is 0 Å². The number of aromatic nitrogens is 3. The number of halogens is 2. The van der Waals surface area contributed by atoms with Crippen molar-refractivity contribution in [2.75, 3.05) is 5.73 Å². The molecule has 1 saturated carbocycles. The summed E-state index contributed by atoms with van der Waals surface area (Å²) in [5.74, 6) is 0.591. The van der Waals surface area contributed by atoms with E-state index < -0.39 is 0 Å². The van der Waals surface area contributed by atoms with Crippen molar-refractivity contribution >= 4 is 17.4 Å². The van der Waals surface area contributed by atoms with E-state index >= 15 is 0 Å². The number of nitrogens with zero attached hydrogens (tertiary/aromatic N) is 3. The van der Waals surface area contributed by atoms with Crippen molar-refractivity contribution in [1.29, 1.82) is 0 Å². The standard InChI is InChI=1S/C12H12ClFN4/c13-10-4-3-9(14)5-8(10)6-18-11(7-1-2-7)12(15)16-17-18/h3-5,7H,1-2,6,15H2. The van der Waals surface area contributed by atoms with E-state index in [0.29, 0.717) is 28.9 Å². The van der Waals surface area contributed by atoms with E-state index in [-0.39, 0.29) is 5.82 Å². The van der Waals surface area contributed by atoms with Gasteiger partial charge in [-0.05, 0) is 36.6 Å². The molecule has 1 aliphatic rings. The lowest BCUT2D eigenvalue weighted by Gasteiger charge is -2.07. The Morgan fingerprint density at radius 2 is 2.22 bits per heavy atom. The molecular weight excluding hydrogens is 255 g/mol. The molecule has 0 spiro atoms. The smallest absolute Gasteiger partial charge is 0.169 e. The molecule has 0 bridgehead atoms. The first-order valence-electron chi connectivity index (χ1n) is 5.78. The van der Waals surface area contributed by atoms with Crippen LogP contribution in [0.5, 0.6) is 0 Å². The molecule has 18 heavy (non-hydrogen) atoms. The molecule has 1 aromatic carbocycles. The molecule has 1 heterocycles. The van der Waals surface area contributed by atoms with E-state index in [0.717, 1.165) is 18.5 Å². The van der Waals surface area contributed by atoms with Crippen LogP contribution in [0.4, 0.5) is 10.2 Å². The molecule has 1 aliphatic carbocycles. The third-order valence-electron chi connectivity index (χ3n) is 3.09. The highest BCUT2D eigenvalue weighted by atomic mass is 35.5. The van der Waals surface area contributed by atoms with Gasteiger partial charge in [-0.2, -0.15) is 0 Å². The summed E-state index contributed by atoms with van der Waals surface area (Å²) in [6, 6.07) is 4.30. The summed E-state index contributed by atoms with van der Waals surface area (Å²) in [5.41, 5.74) is 7.43. The first-order chi connectivity index (χ1) is 8.65. The predicted octanol–water partition coefficient (Wildman–Crippen LogP) is 2.58. The molecule has 1 fully saturated rings. The maximum atomic E-state index is 13.2. The van der Waals surface area contributed by atoms with Gasteiger partial charge in [-0.3, -0.25) is 0 Å². The van der Waals surface area contributed by atoms with Gasteiger partial charge in [-0.15, -0.1) is 5.10 Å². The Labute approximate surface area is 109 Å². The van der Waals surface area contributed by atoms with E-state index in [1.807, 2.05) is 0 Å². The van der Waals surface area contributed by atoms with Crippen LogP contribution in [-0.4, -0.2) is 15.0 Å². The number of hydrogen-bond donors (Lipinski definition) is 1. The number of nitrogen functional groups attached to an aromatic ring is 1. The van der Waals surface area contributed by atoms with Gasteiger partial charge in [0.2, 0.25) is 0 Å². The number of hydrogen-bond acceptors (Lipinski definition) is 3. The maximum absolute atomic E-state index is 13.2. The molecular formula is C12H12ClFN4. The molecule has 0 saturated heterocycles. The molecule has 2 aromatic rings. The zero-order chi connectivity index (χ0) is 12.7. The van der Waals surface area contributed by atoms with Crippen LogP contribution in [0.15, 0.2) is 18.2 Å². The number of benzene rings is 1. The fraction of sp³-hybridized carbons (Fsp3) is 0.333. The third kappa shape index (κ3) is 2.06. The molecule has 3 rings (SSSR count). The summed E-state index contributed by atoms with van der Waals surface area (Å²) in [7, 11) is 0. The van der Waals surface area contributed by atoms with Gasteiger partial charge in [0.15, 0.2) is 5.82 Å². The lowest BCUT2D eigenvalue weighted by molar-refractivity contribution is 0.602. The predicted molar refractivity (Wildman–Crippen MR) is 66.9 cm³/mol. The zero-order valence-electron chi connectivity index (χ0n) is 9.61. The second-order valence-electron chi connectivity index (χ2n) is 4.53. The van der Waals surface area contributed by atoms with Gasteiger partial charge in [0.1, 0.15) is 5.82 Å². The van der Waals surface area contributed by atoms with Gasteiger partial charge in [-0.25, -0.2) is 9.07 Å². The lowest BCUT2D eigenvalue weighted by Crippen LogP contribution is -2.07. The van der Waals surface area contributed by atoms with Crippen LogP contribution >= 0.6 is 11.6 Å². The average molecular weight is 267 g/mol. The minimum atomic E-state index is -0.310. The van der Waals surface area contributed by atoms with E-state index in [1.54, 1.807) is 10.7 Å². The molecule has 4 nitrogen and oxygen atoms in total. The Balaban J connectivity index is 1.94. The van der Waals surface area contributed by atoms with Crippen LogP contribution in [0.25, 0.3) is 0 Å². The van der Waals surface area contributed by atoms with E-state index in [9.17, 15) is 4.39 Å². The van der Waals surface area contributed by atoms with Gasteiger partial charge >= 0.3 is 0 Å². The lowest BCUT2D eigenvalue weighted by atomic mass is 10.2. The van der Waals surface area contributed by atoms with Gasteiger partial charge in [0.05, 0.1) is 12.2 Å². The molecule has 94 valence electrons. The zero-order valence-corrected chi connectivity index (χ0v) is 10.4. The molecule has 2 N–H and O–H groups in total. The Morgan fingerprint density at radius 3 is 2.94 bits per heavy atom. The molecule has 0 unspecified atom stereocenters. The fourth-order valence-corrected chi connectivity index (χ4v) is 2.23. The third-order valence-corrected chi connectivity index (χ3v) is 3.46. The summed E-state index contributed by atoms with van der Waals surface area (Å²) in [4.78, 5) is 0. The van der Waals surface area contributed by atoms with E-state index in [1.165, 1.54) is 12.1 Å². The number of nitrogens with two attached hydrogens (primary N) is 1. The van der Waals surface area contributed by atoms with Crippen LogP contribution in [-0.2, 0) is 6.54 Å². The van der Waals surface area contributed by atoms with Crippen molar-refractivity contribution in [3.8, 4) is 0 Å². The van der Waals surface area contributed by atoms with Crippen LogP contribution < -0.4 is 5.73 Å².